The van der Waals surface area contributed by atoms with Crippen molar-refractivity contribution in [1.29, 1.82) is 0 Å². The van der Waals surface area contributed by atoms with Crippen molar-refractivity contribution in [3.8, 4) is 5.82 Å². The van der Waals surface area contributed by atoms with Gasteiger partial charge in [-0.25, -0.2) is 15.0 Å². The minimum absolute atomic E-state index is 0.558. The molecule has 8 heteroatoms. The quantitative estimate of drug-likeness (QED) is 0.419. The average molecular weight is 434 g/mol. The predicted octanol–water partition coefficient (Wildman–Crippen LogP) is 2.35. The Hall–Kier alpha value is -3.23. The fourth-order valence-electron chi connectivity index (χ4n) is 3.63. The zero-order valence-electron chi connectivity index (χ0n) is 18.6. The molecule has 1 saturated heterocycles. The van der Waals surface area contributed by atoms with E-state index in [9.17, 15) is 0 Å². The molecular formula is C24H31N7O. The molecule has 4 rings (SSSR count). The van der Waals surface area contributed by atoms with Gasteiger partial charge in [0.15, 0.2) is 5.96 Å². The predicted molar refractivity (Wildman–Crippen MR) is 126 cm³/mol. The third-order valence-corrected chi connectivity index (χ3v) is 5.40. The Kier molecular flexibility index (Phi) is 7.84. The van der Waals surface area contributed by atoms with Crippen LogP contribution in [0.1, 0.15) is 23.6 Å². The molecule has 2 aromatic heterocycles. The molecule has 0 unspecified atom stereocenters. The van der Waals surface area contributed by atoms with Crippen molar-refractivity contribution < 1.29 is 4.74 Å². The summed E-state index contributed by atoms with van der Waals surface area (Å²) in [6.45, 7) is 8.71. The number of hydrogen-bond donors (Lipinski definition) is 2. The molecule has 3 heterocycles. The van der Waals surface area contributed by atoms with E-state index in [2.05, 4.69) is 56.7 Å². The van der Waals surface area contributed by atoms with Gasteiger partial charge in [-0.3, -0.25) is 9.47 Å². The summed E-state index contributed by atoms with van der Waals surface area (Å²) in [6.07, 6.45) is 7.22. The number of hydrogen-bond acceptors (Lipinski definition) is 5. The average Bonchev–Trinajstić information content (AvgIpc) is 3.38. The van der Waals surface area contributed by atoms with Crippen LogP contribution in [0.25, 0.3) is 5.82 Å². The third-order valence-electron chi connectivity index (χ3n) is 5.40. The van der Waals surface area contributed by atoms with Crippen LogP contribution in [-0.2, 0) is 24.4 Å². The van der Waals surface area contributed by atoms with E-state index in [-0.39, 0.29) is 0 Å². The number of aliphatic imine (C=N–C) groups is 1. The van der Waals surface area contributed by atoms with Crippen molar-refractivity contribution in [1.82, 2.24) is 30.1 Å². The molecule has 8 nitrogen and oxygen atoms in total. The van der Waals surface area contributed by atoms with Gasteiger partial charge in [-0.1, -0.05) is 30.3 Å². The Morgan fingerprint density at radius 2 is 1.94 bits per heavy atom. The minimum atomic E-state index is 0.558. The fraction of sp³-hybridized carbons (Fsp3) is 0.375. The third kappa shape index (κ3) is 6.15. The number of aromatic nitrogens is 3. The number of morpholine rings is 1. The minimum Gasteiger partial charge on any atom is -0.379 e. The number of ether oxygens (including phenoxy) is 1. The highest BCUT2D eigenvalue weighted by molar-refractivity contribution is 5.79. The van der Waals surface area contributed by atoms with Gasteiger partial charge in [0.2, 0.25) is 0 Å². The van der Waals surface area contributed by atoms with E-state index in [0.717, 1.165) is 63.3 Å². The Balaban J connectivity index is 1.36. The SMILES string of the molecule is CCNC(=NCc1ccc(-n2ccnc2)nc1)NCc1ccccc1CN1CCOCC1. The van der Waals surface area contributed by atoms with Crippen molar-refractivity contribution >= 4 is 5.96 Å². The molecule has 0 radical (unpaired) electrons. The van der Waals surface area contributed by atoms with E-state index in [1.54, 1.807) is 12.5 Å². The second-order valence-electron chi connectivity index (χ2n) is 7.70. The first kappa shape index (κ1) is 22.0. The maximum Gasteiger partial charge on any atom is 0.191 e. The standard InChI is InChI=1S/C24H31N7O/c1-2-26-24(28-16-20-7-8-23(27-15-20)31-10-9-25-19-31)29-17-21-5-3-4-6-22(21)18-30-11-13-32-14-12-30/h3-10,15,19H,2,11-14,16-18H2,1H3,(H2,26,28,29). The molecule has 0 atom stereocenters. The van der Waals surface area contributed by atoms with E-state index < -0.39 is 0 Å². The lowest BCUT2D eigenvalue weighted by Crippen LogP contribution is -2.38. The largest absolute Gasteiger partial charge is 0.379 e. The van der Waals surface area contributed by atoms with Gasteiger partial charge in [-0.05, 0) is 29.7 Å². The number of nitrogens with one attached hydrogen (secondary N) is 2. The van der Waals surface area contributed by atoms with Gasteiger partial charge in [0.05, 0.1) is 19.8 Å². The summed E-state index contributed by atoms with van der Waals surface area (Å²) in [5.41, 5.74) is 3.69. The highest BCUT2D eigenvalue weighted by Gasteiger charge is 2.12. The van der Waals surface area contributed by atoms with Gasteiger partial charge in [-0.15, -0.1) is 0 Å². The van der Waals surface area contributed by atoms with Crippen LogP contribution in [0.5, 0.6) is 0 Å². The van der Waals surface area contributed by atoms with Crippen LogP contribution in [0.15, 0.2) is 66.3 Å². The Bertz CT molecular complexity index is 980. The van der Waals surface area contributed by atoms with Crippen molar-refractivity contribution in [3.63, 3.8) is 0 Å². The fourth-order valence-corrected chi connectivity index (χ4v) is 3.63. The maximum absolute atomic E-state index is 5.48. The summed E-state index contributed by atoms with van der Waals surface area (Å²) in [5, 5.41) is 6.82. The van der Waals surface area contributed by atoms with Gasteiger partial charge >= 0.3 is 0 Å². The first-order valence-electron chi connectivity index (χ1n) is 11.1. The summed E-state index contributed by atoms with van der Waals surface area (Å²) in [6, 6.07) is 12.6. The molecule has 1 aliphatic heterocycles. The molecule has 1 aromatic carbocycles. The van der Waals surface area contributed by atoms with Gasteiger partial charge in [-0.2, -0.15) is 0 Å². The molecular weight excluding hydrogens is 402 g/mol. The number of benzene rings is 1. The van der Waals surface area contributed by atoms with Crippen LogP contribution in [0.2, 0.25) is 0 Å². The van der Waals surface area contributed by atoms with Crippen molar-refractivity contribution in [2.24, 2.45) is 4.99 Å². The molecule has 0 spiro atoms. The smallest absolute Gasteiger partial charge is 0.191 e. The van der Waals surface area contributed by atoms with E-state index in [1.807, 2.05) is 29.1 Å². The molecule has 0 aliphatic carbocycles. The molecule has 1 aliphatic rings. The van der Waals surface area contributed by atoms with Gasteiger partial charge in [0, 0.05) is 51.3 Å². The van der Waals surface area contributed by atoms with Gasteiger partial charge in [0.1, 0.15) is 12.1 Å². The topological polar surface area (TPSA) is 79.6 Å². The monoisotopic (exact) mass is 433 g/mol. The maximum atomic E-state index is 5.48. The first-order valence-corrected chi connectivity index (χ1v) is 11.1. The molecule has 1 fully saturated rings. The summed E-state index contributed by atoms with van der Waals surface area (Å²) in [4.78, 5) is 15.8. The highest BCUT2D eigenvalue weighted by atomic mass is 16.5. The lowest BCUT2D eigenvalue weighted by atomic mass is 10.1. The van der Waals surface area contributed by atoms with Crippen LogP contribution < -0.4 is 10.6 Å². The summed E-state index contributed by atoms with van der Waals surface area (Å²) in [7, 11) is 0. The molecule has 0 bridgehead atoms. The number of guanidine groups is 1. The van der Waals surface area contributed by atoms with E-state index in [1.165, 1.54) is 11.1 Å². The van der Waals surface area contributed by atoms with Gasteiger partial charge < -0.3 is 15.4 Å². The summed E-state index contributed by atoms with van der Waals surface area (Å²) >= 11 is 0. The number of pyridine rings is 1. The van der Waals surface area contributed by atoms with Crippen LogP contribution >= 0.6 is 0 Å². The molecule has 168 valence electrons. The zero-order valence-corrected chi connectivity index (χ0v) is 18.6. The zero-order chi connectivity index (χ0) is 22.0. The summed E-state index contributed by atoms with van der Waals surface area (Å²) < 4.78 is 7.36. The molecule has 3 aromatic rings. The van der Waals surface area contributed by atoms with Crippen molar-refractivity contribution in [2.45, 2.75) is 26.6 Å². The van der Waals surface area contributed by atoms with E-state index >= 15 is 0 Å². The molecule has 32 heavy (non-hydrogen) atoms. The second kappa shape index (κ2) is 11.4. The number of rotatable bonds is 8. The van der Waals surface area contributed by atoms with Crippen molar-refractivity contribution in [3.05, 3.63) is 78.0 Å². The van der Waals surface area contributed by atoms with Crippen LogP contribution in [-0.4, -0.2) is 58.2 Å². The molecule has 0 amide bonds. The lowest BCUT2D eigenvalue weighted by Gasteiger charge is -2.27. The van der Waals surface area contributed by atoms with Crippen LogP contribution in [0.3, 0.4) is 0 Å². The number of nitrogens with zero attached hydrogens (tertiary/aromatic N) is 5. The Morgan fingerprint density at radius 1 is 1.09 bits per heavy atom. The molecule has 0 saturated carbocycles. The van der Waals surface area contributed by atoms with Crippen LogP contribution in [0, 0.1) is 0 Å². The molecule has 2 N–H and O–H groups in total. The highest BCUT2D eigenvalue weighted by Crippen LogP contribution is 2.13. The first-order chi connectivity index (χ1) is 15.8. The summed E-state index contributed by atoms with van der Waals surface area (Å²) in [5.74, 6) is 1.64. The lowest BCUT2D eigenvalue weighted by molar-refractivity contribution is 0.0341. The normalized spacial score (nSPS) is 15.0. The van der Waals surface area contributed by atoms with Gasteiger partial charge in [0.25, 0.3) is 0 Å². The second-order valence-corrected chi connectivity index (χ2v) is 7.70. The number of imidazole rings is 1. The Labute approximate surface area is 189 Å². The van der Waals surface area contributed by atoms with E-state index in [0.29, 0.717) is 6.54 Å². The Morgan fingerprint density at radius 3 is 2.66 bits per heavy atom. The van der Waals surface area contributed by atoms with Crippen LogP contribution in [0.4, 0.5) is 0 Å². The van der Waals surface area contributed by atoms with Crippen molar-refractivity contribution in [2.75, 3.05) is 32.8 Å². The van der Waals surface area contributed by atoms with E-state index in [4.69, 9.17) is 9.73 Å².